The van der Waals surface area contributed by atoms with Gasteiger partial charge in [-0.15, -0.1) is 0 Å². The first-order valence-corrected chi connectivity index (χ1v) is 8.10. The Labute approximate surface area is 145 Å². The Hall–Kier alpha value is -2.63. The van der Waals surface area contributed by atoms with E-state index in [1.165, 1.54) is 6.07 Å². The predicted octanol–water partition coefficient (Wildman–Crippen LogP) is 3.94. The van der Waals surface area contributed by atoms with Crippen LogP contribution in [0.1, 0.15) is 24.5 Å². The third-order valence-electron chi connectivity index (χ3n) is 3.56. The topological polar surface area (TPSA) is 47.6 Å². The number of carbonyl (C=O) groups is 1. The van der Waals surface area contributed by atoms with E-state index in [-0.39, 0.29) is 24.6 Å². The predicted molar refractivity (Wildman–Crippen MR) is 90.9 cm³/mol. The highest BCUT2D eigenvalue weighted by Crippen LogP contribution is 2.21. The Balaban J connectivity index is 1.88. The van der Waals surface area contributed by atoms with E-state index in [2.05, 4.69) is 10.1 Å². The fraction of sp³-hybridized carbons (Fsp3) is 0.316. The average molecular weight is 349 g/mol. The third-order valence-corrected chi connectivity index (χ3v) is 3.56. The van der Waals surface area contributed by atoms with Gasteiger partial charge in [-0.05, 0) is 31.0 Å². The van der Waals surface area contributed by atoms with Crippen molar-refractivity contribution in [3.8, 4) is 11.5 Å². The van der Waals surface area contributed by atoms with Crippen molar-refractivity contribution in [3.63, 3.8) is 0 Å². The van der Waals surface area contributed by atoms with Crippen LogP contribution in [0, 0.1) is 0 Å². The Kier molecular flexibility index (Phi) is 7.19. The van der Waals surface area contributed by atoms with Gasteiger partial charge in [-0.2, -0.15) is 8.78 Å². The van der Waals surface area contributed by atoms with Gasteiger partial charge in [-0.25, -0.2) is 0 Å². The molecule has 0 spiro atoms. The highest BCUT2D eigenvalue weighted by atomic mass is 19.3. The Bertz CT molecular complexity index is 692. The zero-order valence-electron chi connectivity index (χ0n) is 14.0. The van der Waals surface area contributed by atoms with Gasteiger partial charge in [-0.3, -0.25) is 4.79 Å². The molecule has 4 nitrogen and oxygen atoms in total. The summed E-state index contributed by atoms with van der Waals surface area (Å²) in [7, 11) is 0. The number of nitrogens with one attached hydrogen (secondary N) is 1. The molecule has 0 saturated carbocycles. The van der Waals surface area contributed by atoms with Crippen LogP contribution in [0.15, 0.2) is 48.5 Å². The lowest BCUT2D eigenvalue weighted by molar-refractivity contribution is -0.121. The van der Waals surface area contributed by atoms with Gasteiger partial charge in [0.05, 0.1) is 6.61 Å². The van der Waals surface area contributed by atoms with Gasteiger partial charge in [0.15, 0.2) is 0 Å². The molecule has 0 aliphatic rings. The van der Waals surface area contributed by atoms with Crippen LogP contribution in [0.3, 0.4) is 0 Å². The maximum absolute atomic E-state index is 12.4. The first-order valence-electron chi connectivity index (χ1n) is 8.10. The highest BCUT2D eigenvalue weighted by Gasteiger charge is 2.11. The zero-order chi connectivity index (χ0) is 18.1. The minimum absolute atomic E-state index is 0.0690. The first-order chi connectivity index (χ1) is 12.1. The fourth-order valence-electron chi connectivity index (χ4n) is 2.40. The van der Waals surface area contributed by atoms with Gasteiger partial charge in [0.2, 0.25) is 5.91 Å². The summed E-state index contributed by atoms with van der Waals surface area (Å²) in [6.45, 7) is -0.298. The molecule has 0 heterocycles. The summed E-state index contributed by atoms with van der Waals surface area (Å²) in [6, 6.07) is 14.0. The molecule has 0 fully saturated rings. The van der Waals surface area contributed by atoms with Crippen LogP contribution in [0.5, 0.6) is 11.5 Å². The van der Waals surface area contributed by atoms with Gasteiger partial charge < -0.3 is 14.8 Å². The summed E-state index contributed by atoms with van der Waals surface area (Å²) < 4.78 is 34.8. The summed E-state index contributed by atoms with van der Waals surface area (Å²) >= 11 is 0. The highest BCUT2D eigenvalue weighted by molar-refractivity contribution is 5.76. The molecule has 0 unspecified atom stereocenters. The second-order valence-electron chi connectivity index (χ2n) is 5.30. The van der Waals surface area contributed by atoms with Gasteiger partial charge in [0.25, 0.3) is 0 Å². The minimum atomic E-state index is -2.90. The summed E-state index contributed by atoms with van der Waals surface area (Å²) in [6.07, 6.45) is 0.819. The third kappa shape index (κ3) is 6.06. The Morgan fingerprint density at radius 2 is 1.68 bits per heavy atom. The van der Waals surface area contributed by atoms with Crippen LogP contribution in [-0.4, -0.2) is 19.1 Å². The average Bonchev–Trinajstić information content (AvgIpc) is 2.60. The van der Waals surface area contributed by atoms with E-state index in [0.29, 0.717) is 18.6 Å². The lowest BCUT2D eigenvalue weighted by atomic mass is 10.1. The quantitative estimate of drug-likeness (QED) is 0.746. The number of para-hydroxylation sites is 2. The molecule has 2 aromatic carbocycles. The minimum Gasteiger partial charge on any atom is -0.494 e. The molecule has 0 radical (unpaired) electrons. The molecule has 134 valence electrons. The number of alkyl halides is 2. The molecule has 25 heavy (non-hydrogen) atoms. The molecule has 0 aliphatic carbocycles. The lowest BCUT2D eigenvalue weighted by Crippen LogP contribution is -2.23. The Morgan fingerprint density at radius 1 is 1.04 bits per heavy atom. The number of amides is 1. The number of halogens is 2. The lowest BCUT2D eigenvalue weighted by Gasteiger charge is -2.12. The largest absolute Gasteiger partial charge is 0.494 e. The molecule has 2 aromatic rings. The SMILES string of the molecule is CCOc1ccccc1CCC(=O)NCc1ccccc1OC(F)F. The molecule has 0 saturated heterocycles. The van der Waals surface area contributed by atoms with Crippen LogP contribution in [0.25, 0.3) is 0 Å². The van der Waals surface area contributed by atoms with Crippen molar-refractivity contribution in [1.29, 1.82) is 0 Å². The van der Waals surface area contributed by atoms with Crippen LogP contribution < -0.4 is 14.8 Å². The Morgan fingerprint density at radius 3 is 2.36 bits per heavy atom. The van der Waals surface area contributed by atoms with Crippen molar-refractivity contribution in [2.45, 2.75) is 32.9 Å². The van der Waals surface area contributed by atoms with E-state index >= 15 is 0 Å². The number of benzene rings is 2. The van der Waals surface area contributed by atoms with Crippen molar-refractivity contribution in [3.05, 3.63) is 59.7 Å². The summed E-state index contributed by atoms with van der Waals surface area (Å²) in [4.78, 5) is 12.1. The molecule has 2 rings (SSSR count). The standard InChI is InChI=1S/C19H21F2NO3/c1-2-24-16-9-5-3-7-14(16)11-12-18(23)22-13-15-8-4-6-10-17(15)25-19(20)21/h3-10,19H,2,11-13H2,1H3,(H,22,23). The van der Waals surface area contributed by atoms with E-state index in [9.17, 15) is 13.6 Å². The maximum Gasteiger partial charge on any atom is 0.387 e. The molecule has 0 aromatic heterocycles. The molecule has 1 amide bonds. The number of hydrogen-bond donors (Lipinski definition) is 1. The number of rotatable bonds is 9. The second kappa shape index (κ2) is 9.61. The van der Waals surface area contributed by atoms with E-state index < -0.39 is 6.61 Å². The van der Waals surface area contributed by atoms with Gasteiger partial charge in [0, 0.05) is 18.5 Å². The zero-order valence-corrected chi connectivity index (χ0v) is 14.0. The monoisotopic (exact) mass is 349 g/mol. The van der Waals surface area contributed by atoms with Gasteiger partial charge in [0.1, 0.15) is 11.5 Å². The summed E-state index contributed by atoms with van der Waals surface area (Å²) in [5.41, 5.74) is 1.46. The fourth-order valence-corrected chi connectivity index (χ4v) is 2.40. The van der Waals surface area contributed by atoms with E-state index in [1.54, 1.807) is 18.2 Å². The first kappa shape index (κ1) is 18.7. The van der Waals surface area contributed by atoms with Crippen LogP contribution in [0.2, 0.25) is 0 Å². The molecule has 0 bridgehead atoms. The number of hydrogen-bond acceptors (Lipinski definition) is 3. The number of ether oxygens (including phenoxy) is 2. The smallest absolute Gasteiger partial charge is 0.387 e. The molecule has 6 heteroatoms. The maximum atomic E-state index is 12.4. The number of carbonyl (C=O) groups excluding carboxylic acids is 1. The van der Waals surface area contributed by atoms with Crippen molar-refractivity contribution in [2.24, 2.45) is 0 Å². The van der Waals surface area contributed by atoms with Gasteiger partial charge in [-0.1, -0.05) is 36.4 Å². The number of aryl methyl sites for hydroxylation is 1. The van der Waals surface area contributed by atoms with E-state index in [0.717, 1.165) is 11.3 Å². The van der Waals surface area contributed by atoms with Crippen molar-refractivity contribution in [1.82, 2.24) is 5.32 Å². The van der Waals surface area contributed by atoms with E-state index in [1.807, 2.05) is 31.2 Å². The van der Waals surface area contributed by atoms with Crippen molar-refractivity contribution < 1.29 is 23.0 Å². The van der Waals surface area contributed by atoms with Crippen molar-refractivity contribution in [2.75, 3.05) is 6.61 Å². The summed E-state index contributed by atoms with van der Waals surface area (Å²) in [5.74, 6) is 0.672. The molecule has 0 aliphatic heterocycles. The van der Waals surface area contributed by atoms with Gasteiger partial charge >= 0.3 is 6.61 Å². The van der Waals surface area contributed by atoms with Crippen LogP contribution in [0.4, 0.5) is 8.78 Å². The molecular weight excluding hydrogens is 328 g/mol. The molecular formula is C19H21F2NO3. The molecule has 0 atom stereocenters. The van der Waals surface area contributed by atoms with Crippen LogP contribution in [-0.2, 0) is 17.8 Å². The summed E-state index contributed by atoms with van der Waals surface area (Å²) in [5, 5.41) is 2.73. The normalized spacial score (nSPS) is 10.6. The van der Waals surface area contributed by atoms with Crippen molar-refractivity contribution >= 4 is 5.91 Å². The molecule has 1 N–H and O–H groups in total. The van der Waals surface area contributed by atoms with Crippen LogP contribution >= 0.6 is 0 Å². The second-order valence-corrected chi connectivity index (χ2v) is 5.30. The van der Waals surface area contributed by atoms with E-state index in [4.69, 9.17) is 4.74 Å².